The highest BCUT2D eigenvalue weighted by Crippen LogP contribution is 2.25. The molecule has 0 bridgehead atoms. The third-order valence-corrected chi connectivity index (χ3v) is 3.00. The predicted octanol–water partition coefficient (Wildman–Crippen LogP) is 1.37. The van der Waals surface area contributed by atoms with E-state index in [1.165, 1.54) is 0 Å². The van der Waals surface area contributed by atoms with Gasteiger partial charge in [0.25, 0.3) is 0 Å². The molecule has 0 unspecified atom stereocenters. The molecule has 0 spiro atoms. The van der Waals surface area contributed by atoms with E-state index in [0.717, 1.165) is 25.1 Å². The van der Waals surface area contributed by atoms with E-state index >= 15 is 0 Å². The van der Waals surface area contributed by atoms with Crippen molar-refractivity contribution in [2.24, 2.45) is 0 Å². The van der Waals surface area contributed by atoms with E-state index in [-0.39, 0.29) is 6.04 Å². The van der Waals surface area contributed by atoms with Gasteiger partial charge < -0.3 is 5.11 Å². The van der Waals surface area contributed by atoms with Gasteiger partial charge in [-0.25, -0.2) is 4.31 Å². The second kappa shape index (κ2) is 4.52. The molecule has 1 aliphatic heterocycles. The Morgan fingerprint density at radius 3 is 3.17 bits per heavy atom. The molecular weight excluding hydrogens is 174 g/mol. The fourth-order valence-electron chi connectivity index (χ4n) is 1.29. The molecule has 0 aliphatic carbocycles. The average Bonchev–Trinajstić information content (AvgIpc) is 2.48. The van der Waals surface area contributed by atoms with E-state index < -0.39 is 5.97 Å². The van der Waals surface area contributed by atoms with Crippen LogP contribution in [0.3, 0.4) is 0 Å². The van der Waals surface area contributed by atoms with Crippen molar-refractivity contribution in [2.75, 3.05) is 12.3 Å². The Morgan fingerprint density at radius 2 is 2.58 bits per heavy atom. The normalized spacial score (nSPS) is 24.2. The summed E-state index contributed by atoms with van der Waals surface area (Å²) in [6, 6.07) is -0.282. The summed E-state index contributed by atoms with van der Waals surface area (Å²) in [6.45, 7) is 4.48. The zero-order chi connectivity index (χ0) is 8.97. The molecule has 1 fully saturated rings. The number of hydrogen-bond donors (Lipinski definition) is 1. The zero-order valence-corrected chi connectivity index (χ0v) is 7.72. The Morgan fingerprint density at radius 1 is 1.83 bits per heavy atom. The molecule has 1 aliphatic rings. The fraction of sp³-hybridized carbons (Fsp3) is 0.625. The molecular formula is C8H13NO2S. The molecule has 0 radical (unpaired) electrons. The quantitative estimate of drug-likeness (QED) is 0.533. The number of nitrogens with zero attached hydrogens (tertiary/aromatic N) is 1. The summed E-state index contributed by atoms with van der Waals surface area (Å²) in [5.41, 5.74) is 0. The average molecular weight is 187 g/mol. The summed E-state index contributed by atoms with van der Waals surface area (Å²) < 4.78 is 1.93. The van der Waals surface area contributed by atoms with Gasteiger partial charge in [0.15, 0.2) is 0 Å². The molecule has 12 heavy (non-hydrogen) atoms. The van der Waals surface area contributed by atoms with Crippen LogP contribution in [-0.4, -0.2) is 33.7 Å². The highest BCUT2D eigenvalue weighted by Gasteiger charge is 2.30. The molecule has 0 amide bonds. The van der Waals surface area contributed by atoms with Crippen LogP contribution in [0.2, 0.25) is 0 Å². The Bertz CT molecular complexity index is 184. The molecule has 0 saturated carbocycles. The Hall–Kier alpha value is -0.480. The summed E-state index contributed by atoms with van der Waals surface area (Å²) >= 11 is 1.55. The molecule has 0 aromatic rings. The van der Waals surface area contributed by atoms with Crippen molar-refractivity contribution < 1.29 is 9.90 Å². The van der Waals surface area contributed by atoms with Crippen LogP contribution in [0.1, 0.15) is 12.8 Å². The first-order chi connectivity index (χ1) is 5.75. The van der Waals surface area contributed by atoms with Crippen molar-refractivity contribution in [1.29, 1.82) is 0 Å². The van der Waals surface area contributed by atoms with Crippen LogP contribution in [0.4, 0.5) is 0 Å². The van der Waals surface area contributed by atoms with Gasteiger partial charge in [0.05, 0.1) is 0 Å². The smallest absolute Gasteiger partial charge is 0.321 e. The molecule has 68 valence electrons. The van der Waals surface area contributed by atoms with Crippen molar-refractivity contribution in [2.45, 2.75) is 18.9 Å². The summed E-state index contributed by atoms with van der Waals surface area (Å²) in [7, 11) is 0. The van der Waals surface area contributed by atoms with Crippen LogP contribution >= 0.6 is 11.9 Å². The van der Waals surface area contributed by atoms with Crippen LogP contribution < -0.4 is 0 Å². The number of aliphatic carboxylic acids is 1. The molecule has 1 N–H and O–H groups in total. The van der Waals surface area contributed by atoms with Crippen molar-refractivity contribution in [3.05, 3.63) is 12.7 Å². The third-order valence-electron chi connectivity index (χ3n) is 1.85. The van der Waals surface area contributed by atoms with E-state index in [2.05, 4.69) is 6.58 Å². The first-order valence-corrected chi connectivity index (χ1v) is 4.93. The maximum atomic E-state index is 10.7. The standard InChI is InChI=1S/C8H13NO2S/c1-2-6-12-9-5-3-4-7(9)8(10)11/h2,7H,1,3-6H2,(H,10,11)/t7-/m0/s1. The van der Waals surface area contributed by atoms with Crippen molar-refractivity contribution in [3.8, 4) is 0 Å². The number of carbonyl (C=O) groups is 1. The first-order valence-electron chi connectivity index (χ1n) is 3.99. The SMILES string of the molecule is C=CCSN1CCC[C@H]1C(=O)O. The van der Waals surface area contributed by atoms with Crippen molar-refractivity contribution >= 4 is 17.9 Å². The largest absolute Gasteiger partial charge is 0.480 e. The van der Waals surface area contributed by atoms with Gasteiger partial charge in [-0.15, -0.1) is 6.58 Å². The van der Waals surface area contributed by atoms with Gasteiger partial charge >= 0.3 is 5.97 Å². The van der Waals surface area contributed by atoms with E-state index in [4.69, 9.17) is 5.11 Å². The summed E-state index contributed by atoms with van der Waals surface area (Å²) in [5, 5.41) is 8.80. The van der Waals surface area contributed by atoms with Gasteiger partial charge in [-0.1, -0.05) is 18.0 Å². The minimum absolute atomic E-state index is 0.282. The molecule has 1 saturated heterocycles. The summed E-state index contributed by atoms with van der Waals surface area (Å²) in [5.74, 6) is 0.0908. The first kappa shape index (κ1) is 9.61. The summed E-state index contributed by atoms with van der Waals surface area (Å²) in [4.78, 5) is 10.7. The molecule has 3 nitrogen and oxygen atoms in total. The van der Waals surface area contributed by atoms with Gasteiger partial charge in [-0.3, -0.25) is 4.79 Å². The molecule has 1 rings (SSSR count). The van der Waals surface area contributed by atoms with Crippen molar-refractivity contribution in [1.82, 2.24) is 4.31 Å². The molecule has 1 heterocycles. The number of rotatable bonds is 4. The molecule has 1 atom stereocenters. The van der Waals surface area contributed by atoms with Crippen LogP contribution in [-0.2, 0) is 4.79 Å². The maximum absolute atomic E-state index is 10.7. The number of hydrogen-bond acceptors (Lipinski definition) is 3. The molecule has 0 aromatic carbocycles. The topological polar surface area (TPSA) is 40.5 Å². The Labute approximate surface area is 76.6 Å². The Kier molecular flexibility index (Phi) is 3.62. The molecule has 0 aromatic heterocycles. The van der Waals surface area contributed by atoms with Gasteiger partial charge in [-0.2, -0.15) is 0 Å². The van der Waals surface area contributed by atoms with Crippen LogP contribution in [0.5, 0.6) is 0 Å². The summed E-state index contributed by atoms with van der Waals surface area (Å²) in [6.07, 6.45) is 3.56. The molecule has 4 heteroatoms. The lowest BCUT2D eigenvalue weighted by molar-refractivity contribution is -0.140. The highest BCUT2D eigenvalue weighted by atomic mass is 32.2. The van der Waals surface area contributed by atoms with Gasteiger partial charge in [0, 0.05) is 12.3 Å². The number of carboxylic acid groups (broad SMARTS) is 1. The lowest BCUT2D eigenvalue weighted by Crippen LogP contribution is -2.30. The lowest BCUT2D eigenvalue weighted by Gasteiger charge is -2.18. The van der Waals surface area contributed by atoms with E-state index in [0.29, 0.717) is 0 Å². The maximum Gasteiger partial charge on any atom is 0.321 e. The van der Waals surface area contributed by atoms with Gasteiger partial charge in [-0.05, 0) is 12.8 Å². The minimum Gasteiger partial charge on any atom is -0.480 e. The van der Waals surface area contributed by atoms with Crippen LogP contribution in [0.25, 0.3) is 0 Å². The van der Waals surface area contributed by atoms with Crippen molar-refractivity contribution in [3.63, 3.8) is 0 Å². The van der Waals surface area contributed by atoms with Gasteiger partial charge in [0.1, 0.15) is 6.04 Å². The van der Waals surface area contributed by atoms with E-state index in [1.54, 1.807) is 18.0 Å². The second-order valence-electron chi connectivity index (χ2n) is 2.72. The zero-order valence-electron chi connectivity index (χ0n) is 6.90. The lowest BCUT2D eigenvalue weighted by atomic mass is 10.2. The highest BCUT2D eigenvalue weighted by molar-refractivity contribution is 7.97. The van der Waals surface area contributed by atoms with Crippen LogP contribution in [0, 0.1) is 0 Å². The Balaban J connectivity index is 2.40. The van der Waals surface area contributed by atoms with Crippen LogP contribution in [0.15, 0.2) is 12.7 Å². The van der Waals surface area contributed by atoms with E-state index in [9.17, 15) is 4.79 Å². The second-order valence-corrected chi connectivity index (χ2v) is 3.78. The predicted molar refractivity (Wildman–Crippen MR) is 50.0 cm³/mol. The monoisotopic (exact) mass is 187 g/mol. The van der Waals surface area contributed by atoms with E-state index in [1.807, 2.05) is 4.31 Å². The third kappa shape index (κ3) is 2.25. The fourth-order valence-corrected chi connectivity index (χ4v) is 2.22. The minimum atomic E-state index is -0.705. The van der Waals surface area contributed by atoms with Gasteiger partial charge in [0.2, 0.25) is 0 Å². The number of carboxylic acids is 1.